The zero-order chi connectivity index (χ0) is 12.7. The van der Waals surface area contributed by atoms with E-state index in [4.69, 9.17) is 0 Å². The number of pyridine rings is 1. The van der Waals surface area contributed by atoms with E-state index in [2.05, 4.69) is 44.1 Å². The van der Waals surface area contributed by atoms with Crippen LogP contribution < -0.4 is 5.32 Å². The summed E-state index contributed by atoms with van der Waals surface area (Å²) in [6.07, 6.45) is 7.56. The zero-order valence-corrected chi connectivity index (χ0v) is 11.7. The molecule has 2 nitrogen and oxygen atoms in total. The maximum atomic E-state index is 4.19. The van der Waals surface area contributed by atoms with Gasteiger partial charge in [0.2, 0.25) is 0 Å². The predicted octanol–water partition coefficient (Wildman–Crippen LogP) is 3.87. The largest absolute Gasteiger partial charge is 0.310 e. The Labute approximate surface area is 106 Å². The monoisotopic (exact) mass is 234 g/mol. The number of aryl methyl sites for hydroxylation is 1. The number of hydrogen-bond donors (Lipinski definition) is 1. The van der Waals surface area contributed by atoms with Gasteiger partial charge in [0.25, 0.3) is 0 Å². The molecule has 0 amide bonds. The Hall–Kier alpha value is -0.890. The average Bonchev–Trinajstić information content (AvgIpc) is 2.32. The van der Waals surface area contributed by atoms with E-state index in [1.165, 1.54) is 30.4 Å². The Kier molecular flexibility index (Phi) is 6.20. The van der Waals surface area contributed by atoms with Crippen LogP contribution in [0.3, 0.4) is 0 Å². The molecule has 0 aliphatic rings. The summed E-state index contributed by atoms with van der Waals surface area (Å²) in [7, 11) is 0. The summed E-state index contributed by atoms with van der Waals surface area (Å²) in [4.78, 5) is 4.19. The average molecular weight is 234 g/mol. The van der Waals surface area contributed by atoms with Crippen molar-refractivity contribution in [3.63, 3.8) is 0 Å². The van der Waals surface area contributed by atoms with Gasteiger partial charge in [-0.2, -0.15) is 0 Å². The SMILES string of the molecule is CCCNC(c1ccncc1C)C(C)CCC. The fourth-order valence-corrected chi connectivity index (χ4v) is 2.37. The Balaban J connectivity index is 2.85. The van der Waals surface area contributed by atoms with Crippen LogP contribution in [0.5, 0.6) is 0 Å². The molecular weight excluding hydrogens is 208 g/mol. The fraction of sp³-hybridized carbons (Fsp3) is 0.667. The first-order valence-electron chi connectivity index (χ1n) is 6.84. The maximum absolute atomic E-state index is 4.19. The van der Waals surface area contributed by atoms with Crippen LogP contribution in [-0.2, 0) is 0 Å². The molecule has 1 rings (SSSR count). The van der Waals surface area contributed by atoms with Gasteiger partial charge in [0, 0.05) is 18.4 Å². The molecule has 2 atom stereocenters. The molecule has 0 bridgehead atoms. The Morgan fingerprint density at radius 3 is 2.65 bits per heavy atom. The van der Waals surface area contributed by atoms with Gasteiger partial charge in [0.05, 0.1) is 0 Å². The second-order valence-corrected chi connectivity index (χ2v) is 4.93. The molecule has 2 unspecified atom stereocenters. The highest BCUT2D eigenvalue weighted by atomic mass is 14.9. The number of aromatic nitrogens is 1. The molecule has 2 heteroatoms. The highest BCUT2D eigenvalue weighted by Gasteiger charge is 2.19. The molecule has 17 heavy (non-hydrogen) atoms. The first kappa shape index (κ1) is 14.2. The van der Waals surface area contributed by atoms with Gasteiger partial charge in [-0.05, 0) is 49.4 Å². The molecule has 0 spiro atoms. The van der Waals surface area contributed by atoms with E-state index >= 15 is 0 Å². The summed E-state index contributed by atoms with van der Waals surface area (Å²) in [5.74, 6) is 0.674. The summed E-state index contributed by atoms with van der Waals surface area (Å²) >= 11 is 0. The van der Waals surface area contributed by atoms with Gasteiger partial charge in [-0.3, -0.25) is 4.98 Å². The van der Waals surface area contributed by atoms with E-state index < -0.39 is 0 Å². The van der Waals surface area contributed by atoms with Gasteiger partial charge < -0.3 is 5.32 Å². The van der Waals surface area contributed by atoms with Crippen LogP contribution in [0, 0.1) is 12.8 Å². The number of rotatable bonds is 7. The van der Waals surface area contributed by atoms with Gasteiger partial charge in [-0.25, -0.2) is 0 Å². The molecule has 1 aromatic heterocycles. The Morgan fingerprint density at radius 1 is 1.29 bits per heavy atom. The summed E-state index contributed by atoms with van der Waals surface area (Å²) in [5.41, 5.74) is 2.71. The molecule has 1 heterocycles. The summed E-state index contributed by atoms with van der Waals surface area (Å²) in [6, 6.07) is 2.63. The van der Waals surface area contributed by atoms with E-state index in [0.29, 0.717) is 12.0 Å². The van der Waals surface area contributed by atoms with E-state index in [-0.39, 0.29) is 0 Å². The third kappa shape index (κ3) is 4.12. The second kappa shape index (κ2) is 7.44. The lowest BCUT2D eigenvalue weighted by Gasteiger charge is -2.26. The fourth-order valence-electron chi connectivity index (χ4n) is 2.37. The van der Waals surface area contributed by atoms with Crippen LogP contribution >= 0.6 is 0 Å². The normalized spacial score (nSPS) is 14.6. The van der Waals surface area contributed by atoms with E-state index in [0.717, 1.165) is 6.54 Å². The molecule has 0 aliphatic carbocycles. The standard InChI is InChI=1S/C15H26N2/c1-5-7-12(3)15(17-9-6-2)14-8-10-16-11-13(14)4/h8,10-12,15,17H,5-7,9H2,1-4H3. The summed E-state index contributed by atoms with van der Waals surface area (Å²) < 4.78 is 0. The number of hydrogen-bond acceptors (Lipinski definition) is 2. The highest BCUT2D eigenvalue weighted by Crippen LogP contribution is 2.27. The van der Waals surface area contributed by atoms with Crippen LogP contribution in [0.15, 0.2) is 18.5 Å². The smallest absolute Gasteiger partial charge is 0.0349 e. The molecule has 0 saturated heterocycles. The van der Waals surface area contributed by atoms with Crippen molar-refractivity contribution in [3.05, 3.63) is 29.6 Å². The molecule has 0 saturated carbocycles. The molecule has 1 aromatic rings. The first-order valence-corrected chi connectivity index (χ1v) is 6.84. The Morgan fingerprint density at radius 2 is 2.06 bits per heavy atom. The number of nitrogens with one attached hydrogen (secondary N) is 1. The van der Waals surface area contributed by atoms with Crippen molar-refractivity contribution in [2.24, 2.45) is 5.92 Å². The van der Waals surface area contributed by atoms with Crippen molar-refractivity contribution in [3.8, 4) is 0 Å². The lowest BCUT2D eigenvalue weighted by molar-refractivity contribution is 0.362. The lowest BCUT2D eigenvalue weighted by atomic mass is 9.89. The van der Waals surface area contributed by atoms with Crippen molar-refractivity contribution in [1.82, 2.24) is 10.3 Å². The van der Waals surface area contributed by atoms with Crippen LogP contribution in [0.1, 0.15) is 57.2 Å². The van der Waals surface area contributed by atoms with Crippen molar-refractivity contribution in [1.29, 1.82) is 0 Å². The second-order valence-electron chi connectivity index (χ2n) is 4.93. The summed E-state index contributed by atoms with van der Waals surface area (Å²) in [6.45, 7) is 10.1. The van der Waals surface area contributed by atoms with Crippen LogP contribution in [0.2, 0.25) is 0 Å². The number of nitrogens with zero attached hydrogens (tertiary/aromatic N) is 1. The third-order valence-electron chi connectivity index (χ3n) is 3.33. The zero-order valence-electron chi connectivity index (χ0n) is 11.7. The van der Waals surface area contributed by atoms with Crippen molar-refractivity contribution < 1.29 is 0 Å². The van der Waals surface area contributed by atoms with E-state index in [9.17, 15) is 0 Å². The quantitative estimate of drug-likeness (QED) is 0.774. The van der Waals surface area contributed by atoms with Gasteiger partial charge in [-0.15, -0.1) is 0 Å². The minimum atomic E-state index is 0.470. The Bertz CT molecular complexity index is 322. The van der Waals surface area contributed by atoms with Gasteiger partial charge >= 0.3 is 0 Å². The van der Waals surface area contributed by atoms with Crippen LogP contribution in [-0.4, -0.2) is 11.5 Å². The molecule has 0 aromatic carbocycles. The summed E-state index contributed by atoms with van der Waals surface area (Å²) in [5, 5.41) is 3.68. The van der Waals surface area contributed by atoms with Gasteiger partial charge in [0.1, 0.15) is 0 Å². The first-order chi connectivity index (χ1) is 8.20. The van der Waals surface area contributed by atoms with E-state index in [1.807, 2.05) is 12.4 Å². The topological polar surface area (TPSA) is 24.9 Å². The molecule has 1 N–H and O–H groups in total. The lowest BCUT2D eigenvalue weighted by Crippen LogP contribution is -2.28. The van der Waals surface area contributed by atoms with E-state index in [1.54, 1.807) is 0 Å². The molecule has 0 aliphatic heterocycles. The van der Waals surface area contributed by atoms with Crippen molar-refractivity contribution >= 4 is 0 Å². The van der Waals surface area contributed by atoms with Gasteiger partial charge in [-0.1, -0.05) is 27.2 Å². The van der Waals surface area contributed by atoms with Crippen LogP contribution in [0.25, 0.3) is 0 Å². The van der Waals surface area contributed by atoms with Gasteiger partial charge in [0.15, 0.2) is 0 Å². The third-order valence-corrected chi connectivity index (χ3v) is 3.33. The minimum Gasteiger partial charge on any atom is -0.310 e. The molecule has 96 valence electrons. The maximum Gasteiger partial charge on any atom is 0.0349 e. The minimum absolute atomic E-state index is 0.470. The predicted molar refractivity (Wildman–Crippen MR) is 74.1 cm³/mol. The molecule has 0 radical (unpaired) electrons. The molecular formula is C15H26N2. The van der Waals surface area contributed by atoms with Crippen molar-refractivity contribution in [2.75, 3.05) is 6.54 Å². The molecule has 0 fully saturated rings. The van der Waals surface area contributed by atoms with Crippen LogP contribution in [0.4, 0.5) is 0 Å². The highest BCUT2D eigenvalue weighted by molar-refractivity contribution is 5.25. The van der Waals surface area contributed by atoms with Crippen molar-refractivity contribution in [2.45, 2.75) is 53.0 Å².